The van der Waals surface area contributed by atoms with E-state index in [9.17, 15) is 9.59 Å². The zero-order chi connectivity index (χ0) is 19.4. The number of ether oxygens (including phenoxy) is 1. The molecule has 1 amide bonds. The highest BCUT2D eigenvalue weighted by molar-refractivity contribution is 7.16. The number of carboxylic acids is 1. The van der Waals surface area contributed by atoms with Crippen molar-refractivity contribution in [1.29, 1.82) is 0 Å². The number of carboxylic acid groups (broad SMARTS) is 1. The largest absolute Gasteiger partial charge is 0.482 e. The molecular weight excluding hydrogens is 364 g/mol. The summed E-state index contributed by atoms with van der Waals surface area (Å²) in [7, 11) is 0. The number of nitrogens with zero attached hydrogens (tertiary/aromatic N) is 1. The van der Waals surface area contributed by atoms with E-state index in [1.54, 1.807) is 24.3 Å². The van der Waals surface area contributed by atoms with Crippen molar-refractivity contribution in [2.24, 2.45) is 0 Å². The Hall–Kier alpha value is -3.19. The van der Waals surface area contributed by atoms with Crippen LogP contribution in [0.5, 0.6) is 5.75 Å². The third-order valence-corrected chi connectivity index (χ3v) is 4.71. The van der Waals surface area contributed by atoms with E-state index < -0.39 is 5.97 Å². The number of hydrogen-bond donors (Lipinski definition) is 2. The molecule has 0 bridgehead atoms. The minimum Gasteiger partial charge on any atom is -0.482 e. The molecule has 0 saturated heterocycles. The molecule has 2 aromatic carbocycles. The van der Waals surface area contributed by atoms with Gasteiger partial charge in [0.15, 0.2) is 11.7 Å². The Morgan fingerprint density at radius 1 is 1.07 bits per heavy atom. The number of benzene rings is 2. The normalized spacial score (nSPS) is 10.4. The first-order valence-corrected chi connectivity index (χ1v) is 9.04. The predicted octanol–water partition coefficient (Wildman–Crippen LogP) is 4.14. The first-order valence-electron chi connectivity index (χ1n) is 8.23. The Bertz CT molecular complexity index is 963. The Morgan fingerprint density at radius 3 is 2.37 bits per heavy atom. The number of rotatable bonds is 6. The van der Waals surface area contributed by atoms with Gasteiger partial charge in [-0.25, -0.2) is 9.78 Å². The van der Waals surface area contributed by atoms with Crippen LogP contribution in [-0.2, 0) is 4.79 Å². The molecule has 3 aromatic rings. The lowest BCUT2D eigenvalue weighted by Crippen LogP contribution is -2.11. The van der Waals surface area contributed by atoms with E-state index in [4.69, 9.17) is 9.84 Å². The molecule has 0 aliphatic heterocycles. The summed E-state index contributed by atoms with van der Waals surface area (Å²) >= 11 is 1.40. The standard InChI is InChI=1S/C20H18N2O4S/c1-12-3-5-15(6-4-12)19(25)22-20-21-18(13(2)27-20)14-7-9-16(10-8-14)26-11-17(23)24/h3-10H,11H2,1-2H3,(H,23,24)(H,21,22,25). The van der Waals surface area contributed by atoms with E-state index in [0.29, 0.717) is 16.4 Å². The van der Waals surface area contributed by atoms with Crippen LogP contribution in [0.4, 0.5) is 5.13 Å². The van der Waals surface area contributed by atoms with Gasteiger partial charge in [-0.05, 0) is 50.2 Å². The quantitative estimate of drug-likeness (QED) is 0.669. The maximum atomic E-state index is 12.3. The number of nitrogens with one attached hydrogen (secondary N) is 1. The van der Waals surface area contributed by atoms with E-state index in [1.165, 1.54) is 11.3 Å². The smallest absolute Gasteiger partial charge is 0.341 e. The van der Waals surface area contributed by atoms with Gasteiger partial charge in [-0.15, -0.1) is 11.3 Å². The highest BCUT2D eigenvalue weighted by Gasteiger charge is 2.13. The molecule has 0 fully saturated rings. The third kappa shape index (κ3) is 4.71. The van der Waals surface area contributed by atoms with Gasteiger partial charge in [0.25, 0.3) is 5.91 Å². The van der Waals surface area contributed by atoms with Gasteiger partial charge in [0.2, 0.25) is 0 Å². The first kappa shape index (κ1) is 18.6. The van der Waals surface area contributed by atoms with Gasteiger partial charge in [0.1, 0.15) is 5.75 Å². The average Bonchev–Trinajstić information content (AvgIpc) is 3.01. The topological polar surface area (TPSA) is 88.5 Å². The van der Waals surface area contributed by atoms with Gasteiger partial charge in [0.05, 0.1) is 5.69 Å². The second-order valence-corrected chi connectivity index (χ2v) is 7.15. The van der Waals surface area contributed by atoms with Crippen LogP contribution in [0.2, 0.25) is 0 Å². The van der Waals surface area contributed by atoms with Gasteiger partial charge in [-0.1, -0.05) is 17.7 Å². The van der Waals surface area contributed by atoms with Gasteiger partial charge >= 0.3 is 5.97 Å². The summed E-state index contributed by atoms with van der Waals surface area (Å²) in [5.74, 6) is -0.752. The van der Waals surface area contributed by atoms with Crippen molar-refractivity contribution < 1.29 is 19.4 Å². The molecule has 1 heterocycles. The van der Waals surface area contributed by atoms with E-state index in [2.05, 4.69) is 10.3 Å². The number of hydrogen-bond acceptors (Lipinski definition) is 5. The molecule has 27 heavy (non-hydrogen) atoms. The van der Waals surface area contributed by atoms with Crippen LogP contribution in [0.3, 0.4) is 0 Å². The number of anilines is 1. The summed E-state index contributed by atoms with van der Waals surface area (Å²) in [5, 5.41) is 12.0. The number of aliphatic carboxylic acids is 1. The maximum Gasteiger partial charge on any atom is 0.341 e. The minimum atomic E-state index is -1.02. The summed E-state index contributed by atoms with van der Waals surface area (Å²) in [6, 6.07) is 14.4. The molecule has 0 aliphatic rings. The molecule has 0 atom stereocenters. The summed E-state index contributed by atoms with van der Waals surface area (Å²) in [6.07, 6.45) is 0. The van der Waals surface area contributed by atoms with Crippen molar-refractivity contribution >= 4 is 28.3 Å². The molecule has 0 radical (unpaired) electrons. The van der Waals surface area contributed by atoms with Crippen LogP contribution in [-0.4, -0.2) is 28.6 Å². The van der Waals surface area contributed by atoms with Crippen LogP contribution < -0.4 is 10.1 Å². The van der Waals surface area contributed by atoms with Crippen molar-refractivity contribution in [3.05, 3.63) is 64.5 Å². The molecule has 1 aromatic heterocycles. The second-order valence-electron chi connectivity index (χ2n) is 5.95. The van der Waals surface area contributed by atoms with Crippen molar-refractivity contribution in [2.75, 3.05) is 11.9 Å². The van der Waals surface area contributed by atoms with E-state index in [0.717, 1.165) is 21.7 Å². The monoisotopic (exact) mass is 382 g/mol. The Labute approximate surface area is 160 Å². The van der Waals surface area contributed by atoms with Crippen molar-refractivity contribution in [3.63, 3.8) is 0 Å². The maximum absolute atomic E-state index is 12.3. The summed E-state index contributed by atoms with van der Waals surface area (Å²) in [4.78, 5) is 28.4. The van der Waals surface area contributed by atoms with E-state index in [1.807, 2.05) is 38.1 Å². The summed E-state index contributed by atoms with van der Waals surface area (Å²) in [6.45, 7) is 3.52. The molecule has 0 aliphatic carbocycles. The van der Waals surface area contributed by atoms with Crippen LogP contribution in [0.1, 0.15) is 20.8 Å². The zero-order valence-electron chi connectivity index (χ0n) is 14.9. The van der Waals surface area contributed by atoms with Crippen LogP contribution >= 0.6 is 11.3 Å². The van der Waals surface area contributed by atoms with Crippen LogP contribution in [0.15, 0.2) is 48.5 Å². The minimum absolute atomic E-state index is 0.201. The lowest BCUT2D eigenvalue weighted by Gasteiger charge is -2.04. The fourth-order valence-electron chi connectivity index (χ4n) is 2.45. The second kappa shape index (κ2) is 8.01. The zero-order valence-corrected chi connectivity index (χ0v) is 15.7. The van der Waals surface area contributed by atoms with E-state index in [-0.39, 0.29) is 12.5 Å². The van der Waals surface area contributed by atoms with Crippen molar-refractivity contribution in [2.45, 2.75) is 13.8 Å². The summed E-state index contributed by atoms with van der Waals surface area (Å²) in [5.41, 5.74) is 3.30. The number of aryl methyl sites for hydroxylation is 2. The molecule has 7 heteroatoms. The average molecular weight is 382 g/mol. The van der Waals surface area contributed by atoms with E-state index >= 15 is 0 Å². The fourth-order valence-corrected chi connectivity index (χ4v) is 3.28. The highest BCUT2D eigenvalue weighted by Crippen LogP contribution is 2.31. The molecule has 3 rings (SSSR count). The molecule has 0 unspecified atom stereocenters. The van der Waals surface area contributed by atoms with Gasteiger partial charge < -0.3 is 9.84 Å². The lowest BCUT2D eigenvalue weighted by atomic mass is 10.1. The van der Waals surface area contributed by atoms with Crippen LogP contribution in [0.25, 0.3) is 11.3 Å². The molecule has 0 spiro atoms. The number of aromatic nitrogens is 1. The van der Waals surface area contributed by atoms with Gasteiger partial charge in [-0.3, -0.25) is 10.1 Å². The highest BCUT2D eigenvalue weighted by atomic mass is 32.1. The Morgan fingerprint density at radius 2 is 1.74 bits per heavy atom. The lowest BCUT2D eigenvalue weighted by molar-refractivity contribution is -0.139. The van der Waals surface area contributed by atoms with Crippen molar-refractivity contribution in [1.82, 2.24) is 4.98 Å². The Kier molecular flexibility index (Phi) is 5.52. The molecule has 0 saturated carbocycles. The number of amides is 1. The molecule has 2 N–H and O–H groups in total. The Balaban J connectivity index is 1.73. The molecule has 138 valence electrons. The molecule has 6 nitrogen and oxygen atoms in total. The van der Waals surface area contributed by atoms with Crippen LogP contribution in [0, 0.1) is 13.8 Å². The van der Waals surface area contributed by atoms with Crippen molar-refractivity contribution in [3.8, 4) is 17.0 Å². The SMILES string of the molecule is Cc1ccc(C(=O)Nc2nc(-c3ccc(OCC(=O)O)cc3)c(C)s2)cc1. The number of carbonyl (C=O) groups is 2. The predicted molar refractivity (Wildman–Crippen MR) is 105 cm³/mol. The first-order chi connectivity index (χ1) is 12.9. The number of thiazole rings is 1. The fraction of sp³-hybridized carbons (Fsp3) is 0.150. The summed E-state index contributed by atoms with van der Waals surface area (Å²) < 4.78 is 5.13. The number of carbonyl (C=O) groups excluding carboxylic acids is 1. The van der Waals surface area contributed by atoms with Gasteiger partial charge in [-0.2, -0.15) is 0 Å². The third-order valence-electron chi connectivity index (χ3n) is 3.82. The molecular formula is C20H18N2O4S. The van der Waals surface area contributed by atoms with Gasteiger partial charge in [0, 0.05) is 16.0 Å².